The second-order valence-corrected chi connectivity index (χ2v) is 6.83. The van der Waals surface area contributed by atoms with Gasteiger partial charge in [0.2, 0.25) is 0 Å². The van der Waals surface area contributed by atoms with Gasteiger partial charge in [0.25, 0.3) is 0 Å². The van der Waals surface area contributed by atoms with E-state index in [1.54, 1.807) is 0 Å². The van der Waals surface area contributed by atoms with Gasteiger partial charge in [-0.25, -0.2) is 0 Å². The molecule has 0 radical (unpaired) electrons. The zero-order valence-corrected chi connectivity index (χ0v) is 15.6. The van der Waals surface area contributed by atoms with Gasteiger partial charge in [0, 0.05) is 6.54 Å². The molecule has 0 aliphatic rings. The molecule has 0 atom stereocenters. The molecular formula is C17H19Br2NO. The summed E-state index contributed by atoms with van der Waals surface area (Å²) in [6.07, 6.45) is 0. The molecule has 0 saturated carbocycles. The molecule has 0 amide bonds. The Hall–Kier alpha value is -0.840. The molecule has 2 nitrogen and oxygen atoms in total. The second kappa shape index (κ2) is 7.43. The molecule has 0 saturated heterocycles. The molecule has 0 fully saturated rings. The highest BCUT2D eigenvalue weighted by molar-refractivity contribution is 9.11. The smallest absolute Gasteiger partial charge is 0.148 e. The van der Waals surface area contributed by atoms with Crippen molar-refractivity contribution in [2.75, 3.05) is 7.05 Å². The number of hydrogen-bond acceptors (Lipinski definition) is 2. The third kappa shape index (κ3) is 4.31. The average molecular weight is 413 g/mol. The Bertz CT molecular complexity index is 618. The van der Waals surface area contributed by atoms with E-state index >= 15 is 0 Å². The van der Waals surface area contributed by atoms with E-state index in [0.29, 0.717) is 6.61 Å². The number of hydrogen-bond donors (Lipinski definition) is 1. The lowest BCUT2D eigenvalue weighted by Crippen LogP contribution is -2.05. The summed E-state index contributed by atoms with van der Waals surface area (Å²) in [5.41, 5.74) is 4.97. The Morgan fingerprint density at radius 3 is 2.19 bits per heavy atom. The van der Waals surface area contributed by atoms with Crippen molar-refractivity contribution in [2.24, 2.45) is 0 Å². The summed E-state index contributed by atoms with van der Waals surface area (Å²) in [4.78, 5) is 0. The summed E-state index contributed by atoms with van der Waals surface area (Å²) >= 11 is 7.17. The predicted octanol–water partition coefficient (Wildman–Crippen LogP) is 5.13. The van der Waals surface area contributed by atoms with Gasteiger partial charge in [0.1, 0.15) is 12.4 Å². The molecule has 0 heterocycles. The minimum Gasteiger partial charge on any atom is -0.487 e. The monoisotopic (exact) mass is 411 g/mol. The van der Waals surface area contributed by atoms with Crippen molar-refractivity contribution < 1.29 is 4.74 Å². The number of ether oxygens (including phenoxy) is 1. The first-order valence-electron chi connectivity index (χ1n) is 6.82. The fourth-order valence-corrected chi connectivity index (χ4v) is 3.62. The Balaban J connectivity index is 2.14. The van der Waals surface area contributed by atoms with Crippen LogP contribution in [0.15, 0.2) is 39.3 Å². The van der Waals surface area contributed by atoms with Crippen LogP contribution in [0.1, 0.15) is 22.3 Å². The molecule has 1 N–H and O–H groups in total. The number of rotatable bonds is 5. The van der Waals surface area contributed by atoms with Gasteiger partial charge in [-0.2, -0.15) is 0 Å². The van der Waals surface area contributed by atoms with Gasteiger partial charge >= 0.3 is 0 Å². The lowest BCUT2D eigenvalue weighted by atomic mass is 10.1. The van der Waals surface area contributed by atoms with E-state index < -0.39 is 0 Å². The lowest BCUT2D eigenvalue weighted by Gasteiger charge is -2.13. The highest BCUT2D eigenvalue weighted by atomic mass is 79.9. The molecule has 2 aromatic carbocycles. The van der Waals surface area contributed by atoms with Gasteiger partial charge in [0.05, 0.1) is 8.95 Å². The van der Waals surface area contributed by atoms with E-state index in [1.807, 2.05) is 7.05 Å². The largest absolute Gasteiger partial charge is 0.487 e. The van der Waals surface area contributed by atoms with Crippen LogP contribution in [0.25, 0.3) is 0 Å². The van der Waals surface area contributed by atoms with Gasteiger partial charge in [-0.1, -0.05) is 18.2 Å². The Kier molecular flexibility index (Phi) is 5.85. The van der Waals surface area contributed by atoms with Crippen LogP contribution in [0.3, 0.4) is 0 Å². The summed E-state index contributed by atoms with van der Waals surface area (Å²) in [5.74, 6) is 0.841. The van der Waals surface area contributed by atoms with Gasteiger partial charge in [-0.05, 0) is 87.1 Å². The third-order valence-corrected chi connectivity index (χ3v) is 4.57. The predicted molar refractivity (Wildman–Crippen MR) is 94.9 cm³/mol. The zero-order chi connectivity index (χ0) is 15.4. The van der Waals surface area contributed by atoms with Crippen molar-refractivity contribution in [3.8, 4) is 5.75 Å². The van der Waals surface area contributed by atoms with Crippen molar-refractivity contribution in [3.63, 3.8) is 0 Å². The van der Waals surface area contributed by atoms with Gasteiger partial charge in [0.15, 0.2) is 0 Å². The van der Waals surface area contributed by atoms with Crippen LogP contribution in [-0.2, 0) is 13.2 Å². The molecule has 2 aromatic rings. The van der Waals surface area contributed by atoms with Crippen LogP contribution in [0.5, 0.6) is 5.75 Å². The normalized spacial score (nSPS) is 10.7. The zero-order valence-electron chi connectivity index (χ0n) is 12.5. The minimum absolute atomic E-state index is 0.559. The average Bonchev–Trinajstić information content (AvgIpc) is 2.42. The van der Waals surface area contributed by atoms with Crippen molar-refractivity contribution in [3.05, 3.63) is 61.5 Å². The fraction of sp³-hybridized carbons (Fsp3) is 0.294. The van der Waals surface area contributed by atoms with Crippen LogP contribution in [0, 0.1) is 13.8 Å². The van der Waals surface area contributed by atoms with Crippen LogP contribution in [0.4, 0.5) is 0 Å². The number of aryl methyl sites for hydroxylation is 2. The number of nitrogens with one attached hydrogen (secondary N) is 1. The van der Waals surface area contributed by atoms with Crippen molar-refractivity contribution in [2.45, 2.75) is 27.0 Å². The molecule has 0 aliphatic heterocycles. The lowest BCUT2D eigenvalue weighted by molar-refractivity contribution is 0.302. The first-order chi connectivity index (χ1) is 10.0. The molecule has 0 aromatic heterocycles. The van der Waals surface area contributed by atoms with Crippen molar-refractivity contribution in [1.82, 2.24) is 5.32 Å². The maximum Gasteiger partial charge on any atom is 0.148 e. The molecule has 0 bridgehead atoms. The van der Waals surface area contributed by atoms with Crippen LogP contribution < -0.4 is 10.1 Å². The third-order valence-electron chi connectivity index (χ3n) is 3.39. The highest BCUT2D eigenvalue weighted by Gasteiger charge is 2.09. The van der Waals surface area contributed by atoms with Crippen molar-refractivity contribution >= 4 is 31.9 Å². The van der Waals surface area contributed by atoms with Crippen LogP contribution in [0.2, 0.25) is 0 Å². The maximum atomic E-state index is 5.97. The molecule has 2 rings (SSSR count). The van der Waals surface area contributed by atoms with E-state index in [0.717, 1.165) is 21.2 Å². The quantitative estimate of drug-likeness (QED) is 0.735. The Labute approximate surface area is 143 Å². The van der Waals surface area contributed by atoms with E-state index in [4.69, 9.17) is 4.74 Å². The summed E-state index contributed by atoms with van der Waals surface area (Å²) in [6.45, 7) is 5.63. The van der Waals surface area contributed by atoms with E-state index in [9.17, 15) is 0 Å². The summed E-state index contributed by atoms with van der Waals surface area (Å²) < 4.78 is 7.90. The standard InChI is InChI=1S/C17H19Br2NO/c1-11-4-5-13(6-12(11)2)10-21-17-15(18)7-14(9-20-3)8-16(17)19/h4-8,20H,9-10H2,1-3H3. The van der Waals surface area contributed by atoms with E-state index in [-0.39, 0.29) is 0 Å². The first kappa shape index (κ1) is 16.5. The second-order valence-electron chi connectivity index (χ2n) is 5.13. The van der Waals surface area contributed by atoms with Gasteiger partial charge in [-0.15, -0.1) is 0 Å². The highest BCUT2D eigenvalue weighted by Crippen LogP contribution is 2.35. The number of halogens is 2. The molecular weight excluding hydrogens is 394 g/mol. The van der Waals surface area contributed by atoms with E-state index in [1.165, 1.54) is 22.3 Å². The molecule has 0 unspecified atom stereocenters. The Morgan fingerprint density at radius 1 is 0.952 bits per heavy atom. The summed E-state index contributed by atoms with van der Waals surface area (Å²) in [5, 5.41) is 3.14. The number of benzene rings is 2. The van der Waals surface area contributed by atoms with Gasteiger partial charge in [-0.3, -0.25) is 0 Å². The van der Waals surface area contributed by atoms with E-state index in [2.05, 4.69) is 81.4 Å². The molecule has 112 valence electrons. The fourth-order valence-electron chi connectivity index (χ4n) is 2.11. The maximum absolute atomic E-state index is 5.97. The molecule has 0 spiro atoms. The SMILES string of the molecule is CNCc1cc(Br)c(OCc2ccc(C)c(C)c2)c(Br)c1. The molecule has 21 heavy (non-hydrogen) atoms. The van der Waals surface area contributed by atoms with Crippen molar-refractivity contribution in [1.29, 1.82) is 0 Å². The minimum atomic E-state index is 0.559. The summed E-state index contributed by atoms with van der Waals surface area (Å²) in [7, 11) is 1.94. The van der Waals surface area contributed by atoms with Crippen LogP contribution >= 0.6 is 31.9 Å². The van der Waals surface area contributed by atoms with Crippen LogP contribution in [-0.4, -0.2) is 7.05 Å². The summed E-state index contributed by atoms with van der Waals surface area (Å²) in [6, 6.07) is 10.6. The first-order valence-corrected chi connectivity index (χ1v) is 8.41. The molecule has 4 heteroatoms. The molecule has 0 aliphatic carbocycles. The Morgan fingerprint density at radius 2 is 1.62 bits per heavy atom. The van der Waals surface area contributed by atoms with Gasteiger partial charge < -0.3 is 10.1 Å². The topological polar surface area (TPSA) is 21.3 Å².